The Bertz CT molecular complexity index is 1630. The first kappa shape index (κ1) is 16.7. The van der Waals surface area contributed by atoms with Crippen molar-refractivity contribution in [2.75, 3.05) is 0 Å². The molecule has 0 aliphatic rings. The van der Waals surface area contributed by atoms with E-state index in [4.69, 9.17) is 0 Å². The minimum atomic E-state index is -0.308. The fourth-order valence-corrected chi connectivity index (χ4v) is 4.62. The summed E-state index contributed by atoms with van der Waals surface area (Å²) >= 11 is 0. The number of nitro benzene ring substituents is 1. The Kier molecular flexibility index (Phi) is 3.44. The Labute approximate surface area is 171 Å². The highest BCUT2D eigenvalue weighted by Crippen LogP contribution is 2.39. The van der Waals surface area contributed by atoms with Gasteiger partial charge in [-0.15, -0.1) is 0 Å². The number of hydrogen-bond acceptors (Lipinski definition) is 2. The number of nitro groups is 1. The lowest BCUT2D eigenvalue weighted by Crippen LogP contribution is -1.95. The topological polar surface area (TPSA) is 47.5 Å². The summed E-state index contributed by atoms with van der Waals surface area (Å²) in [5.74, 6) is 0. The van der Waals surface area contributed by atoms with Crippen molar-refractivity contribution in [3.63, 3.8) is 0 Å². The maximum absolute atomic E-state index is 11.7. The maximum Gasteiger partial charge on any atom is 0.277 e. The normalized spacial score (nSPS) is 11.6. The van der Waals surface area contributed by atoms with Gasteiger partial charge >= 0.3 is 0 Å². The summed E-state index contributed by atoms with van der Waals surface area (Å²) in [6, 6.07) is 31.9. The van der Waals surface area contributed by atoms with E-state index in [-0.39, 0.29) is 10.6 Å². The van der Waals surface area contributed by atoms with E-state index in [1.807, 2.05) is 30.3 Å². The number of aromatic nitrogens is 1. The predicted molar refractivity (Wildman–Crippen MR) is 122 cm³/mol. The van der Waals surface area contributed by atoms with Crippen LogP contribution in [0.15, 0.2) is 97.1 Å². The zero-order valence-corrected chi connectivity index (χ0v) is 15.9. The van der Waals surface area contributed by atoms with Crippen LogP contribution >= 0.6 is 0 Å². The zero-order chi connectivity index (χ0) is 20.2. The summed E-state index contributed by atoms with van der Waals surface area (Å²) in [6.07, 6.45) is 0. The number of hydrogen-bond donors (Lipinski definition) is 0. The third kappa shape index (κ3) is 2.22. The summed E-state index contributed by atoms with van der Waals surface area (Å²) in [5, 5.41) is 16.3. The molecular weight excluding hydrogens is 372 g/mol. The standard InChI is InChI=1S/C26H16N2O2/c29-28(30)24-15-6-4-12-21(24)22-13-7-8-17-16-25-20-11-2-1-9-18(20)19-10-3-5-14-23(19)27(25)26(17)22/h1-16H. The molecule has 0 N–H and O–H groups in total. The molecule has 30 heavy (non-hydrogen) atoms. The van der Waals surface area contributed by atoms with E-state index in [2.05, 4.69) is 59.0 Å². The summed E-state index contributed by atoms with van der Waals surface area (Å²) in [5.41, 5.74) is 4.79. The van der Waals surface area contributed by atoms with Crippen molar-refractivity contribution in [1.82, 2.24) is 4.40 Å². The van der Waals surface area contributed by atoms with Gasteiger partial charge in [-0.3, -0.25) is 10.1 Å². The zero-order valence-electron chi connectivity index (χ0n) is 15.9. The van der Waals surface area contributed by atoms with Crippen LogP contribution in [-0.2, 0) is 0 Å². The summed E-state index contributed by atoms with van der Waals surface area (Å²) in [7, 11) is 0. The van der Waals surface area contributed by atoms with Crippen molar-refractivity contribution in [2.45, 2.75) is 0 Å². The van der Waals surface area contributed by atoms with E-state index >= 15 is 0 Å². The van der Waals surface area contributed by atoms with Crippen LogP contribution in [0.25, 0.3) is 49.2 Å². The Morgan fingerprint density at radius 2 is 1.27 bits per heavy atom. The van der Waals surface area contributed by atoms with E-state index in [1.165, 1.54) is 10.8 Å². The van der Waals surface area contributed by atoms with E-state index in [1.54, 1.807) is 12.1 Å². The van der Waals surface area contributed by atoms with Crippen molar-refractivity contribution < 1.29 is 4.92 Å². The Morgan fingerprint density at radius 3 is 2.07 bits per heavy atom. The van der Waals surface area contributed by atoms with Gasteiger partial charge in [0.2, 0.25) is 0 Å². The largest absolute Gasteiger partial charge is 0.308 e. The molecule has 142 valence electrons. The van der Waals surface area contributed by atoms with Crippen LogP contribution in [0.2, 0.25) is 0 Å². The van der Waals surface area contributed by atoms with Gasteiger partial charge in [-0.1, -0.05) is 72.8 Å². The van der Waals surface area contributed by atoms with Crippen LogP contribution < -0.4 is 0 Å². The molecule has 0 atom stereocenters. The molecule has 6 rings (SSSR count). The molecule has 0 bridgehead atoms. The molecule has 0 radical (unpaired) electrons. The molecule has 2 heterocycles. The van der Waals surface area contributed by atoms with Crippen LogP contribution in [0.5, 0.6) is 0 Å². The molecule has 0 saturated heterocycles. The van der Waals surface area contributed by atoms with Gasteiger partial charge in [-0.25, -0.2) is 0 Å². The lowest BCUT2D eigenvalue weighted by Gasteiger charge is -2.12. The highest BCUT2D eigenvalue weighted by atomic mass is 16.6. The van der Waals surface area contributed by atoms with Crippen LogP contribution in [0.1, 0.15) is 0 Å². The molecule has 0 spiro atoms. The van der Waals surface area contributed by atoms with Gasteiger partial charge in [0.25, 0.3) is 5.69 Å². The summed E-state index contributed by atoms with van der Waals surface area (Å²) in [6.45, 7) is 0. The van der Waals surface area contributed by atoms with Crippen molar-refractivity contribution >= 4 is 43.8 Å². The summed E-state index contributed by atoms with van der Waals surface area (Å²) < 4.78 is 2.25. The van der Waals surface area contributed by atoms with Gasteiger partial charge in [-0.05, 0) is 23.6 Å². The van der Waals surface area contributed by atoms with Crippen LogP contribution in [-0.4, -0.2) is 9.32 Å². The van der Waals surface area contributed by atoms with Crippen LogP contribution in [0.3, 0.4) is 0 Å². The first-order valence-electron chi connectivity index (χ1n) is 9.81. The second kappa shape index (κ2) is 6.16. The Hall–Kier alpha value is -4.18. The molecule has 6 aromatic rings. The van der Waals surface area contributed by atoms with E-state index in [9.17, 15) is 10.1 Å². The number of nitrogens with zero attached hydrogens (tertiary/aromatic N) is 2. The average molecular weight is 388 g/mol. The van der Waals surface area contributed by atoms with E-state index < -0.39 is 0 Å². The molecule has 4 heteroatoms. The average Bonchev–Trinajstić information content (AvgIpc) is 3.19. The number of rotatable bonds is 2. The first-order chi connectivity index (χ1) is 14.7. The van der Waals surface area contributed by atoms with E-state index in [0.29, 0.717) is 5.56 Å². The van der Waals surface area contributed by atoms with Gasteiger partial charge in [0, 0.05) is 27.8 Å². The van der Waals surface area contributed by atoms with Crippen LogP contribution in [0.4, 0.5) is 5.69 Å². The van der Waals surface area contributed by atoms with Gasteiger partial charge in [0.05, 0.1) is 27.0 Å². The second-order valence-corrected chi connectivity index (χ2v) is 7.45. The highest BCUT2D eigenvalue weighted by Gasteiger charge is 2.20. The van der Waals surface area contributed by atoms with Crippen molar-refractivity contribution in [3.8, 4) is 11.1 Å². The minimum Gasteiger partial charge on any atom is -0.308 e. The lowest BCUT2D eigenvalue weighted by atomic mass is 10.0. The Morgan fingerprint density at radius 1 is 0.633 bits per heavy atom. The van der Waals surface area contributed by atoms with Gasteiger partial charge in [0.1, 0.15) is 0 Å². The first-order valence-corrected chi connectivity index (χ1v) is 9.81. The number of benzene rings is 4. The molecule has 0 amide bonds. The predicted octanol–water partition coefficient (Wildman–Crippen LogP) is 6.97. The van der Waals surface area contributed by atoms with E-state index in [0.717, 1.165) is 32.9 Å². The third-order valence-electron chi connectivity index (χ3n) is 5.85. The summed E-state index contributed by atoms with van der Waals surface area (Å²) in [4.78, 5) is 11.4. The number of para-hydroxylation sites is 3. The fraction of sp³-hybridized carbons (Fsp3) is 0. The molecule has 2 aromatic heterocycles. The smallest absolute Gasteiger partial charge is 0.277 e. The van der Waals surface area contributed by atoms with Gasteiger partial charge in [-0.2, -0.15) is 0 Å². The second-order valence-electron chi connectivity index (χ2n) is 7.45. The van der Waals surface area contributed by atoms with Crippen molar-refractivity contribution in [2.24, 2.45) is 0 Å². The molecule has 4 nitrogen and oxygen atoms in total. The lowest BCUT2D eigenvalue weighted by molar-refractivity contribution is -0.384. The quantitative estimate of drug-likeness (QED) is 0.183. The molecular formula is C26H16N2O2. The third-order valence-corrected chi connectivity index (χ3v) is 5.85. The number of pyridine rings is 1. The molecule has 0 saturated carbocycles. The molecule has 0 unspecified atom stereocenters. The molecule has 4 aromatic carbocycles. The highest BCUT2D eigenvalue weighted by molar-refractivity contribution is 6.17. The minimum absolute atomic E-state index is 0.116. The van der Waals surface area contributed by atoms with Crippen LogP contribution in [0, 0.1) is 10.1 Å². The molecule has 0 fully saturated rings. The maximum atomic E-state index is 11.7. The van der Waals surface area contributed by atoms with Crippen molar-refractivity contribution in [1.29, 1.82) is 0 Å². The van der Waals surface area contributed by atoms with Gasteiger partial charge in [0.15, 0.2) is 0 Å². The van der Waals surface area contributed by atoms with Gasteiger partial charge < -0.3 is 4.40 Å². The molecule has 0 aliphatic heterocycles. The Balaban J connectivity index is 1.89. The number of fused-ring (bicyclic) bond motifs is 8. The fourth-order valence-electron chi connectivity index (χ4n) is 4.62. The molecule has 0 aliphatic carbocycles. The monoisotopic (exact) mass is 388 g/mol. The SMILES string of the molecule is O=[N+]([O-])c1ccccc1-c1cccc2cc3c4ccccc4c4ccccc4n3c12. The van der Waals surface area contributed by atoms with Crippen molar-refractivity contribution in [3.05, 3.63) is 107 Å².